The number of sulfone groups is 1. The first-order valence-corrected chi connectivity index (χ1v) is 11.5. The molecule has 0 bridgehead atoms. The molecule has 0 heterocycles. The third-order valence-corrected chi connectivity index (χ3v) is 7.89. The summed E-state index contributed by atoms with van der Waals surface area (Å²) in [5.74, 6) is 0.379. The van der Waals surface area contributed by atoms with E-state index in [4.69, 9.17) is 4.74 Å². The summed E-state index contributed by atoms with van der Waals surface area (Å²) < 4.78 is 31.1. The lowest BCUT2D eigenvalue weighted by atomic mass is 10.1. The molecule has 2 aromatic carbocycles. The van der Waals surface area contributed by atoms with Crippen LogP contribution in [-0.2, 0) is 27.5 Å². The lowest BCUT2D eigenvalue weighted by Crippen LogP contribution is -2.21. The highest BCUT2D eigenvalue weighted by molar-refractivity contribution is 7.92. The predicted octanol–water partition coefficient (Wildman–Crippen LogP) is 3.91. The molecule has 0 unspecified atom stereocenters. The monoisotopic (exact) mass is 399 g/mol. The van der Waals surface area contributed by atoms with Gasteiger partial charge in [0.1, 0.15) is 5.75 Å². The molecule has 2 aliphatic carbocycles. The maximum Gasteiger partial charge on any atom is 0.262 e. The Morgan fingerprint density at radius 3 is 2.61 bits per heavy atom. The number of anilines is 1. The Balaban J connectivity index is 1.38. The first-order chi connectivity index (χ1) is 13.5. The van der Waals surface area contributed by atoms with Crippen molar-refractivity contribution in [1.82, 2.24) is 0 Å². The van der Waals surface area contributed by atoms with Crippen LogP contribution in [0, 0.1) is 0 Å². The van der Waals surface area contributed by atoms with Gasteiger partial charge in [0.05, 0.1) is 10.1 Å². The highest BCUT2D eigenvalue weighted by Gasteiger charge is 2.30. The largest absolute Gasteiger partial charge is 0.484 e. The smallest absolute Gasteiger partial charge is 0.262 e. The lowest BCUT2D eigenvalue weighted by molar-refractivity contribution is -0.118. The lowest BCUT2D eigenvalue weighted by Gasteiger charge is -2.13. The van der Waals surface area contributed by atoms with Crippen molar-refractivity contribution in [2.24, 2.45) is 0 Å². The highest BCUT2D eigenvalue weighted by Crippen LogP contribution is 2.30. The maximum absolute atomic E-state index is 12.7. The van der Waals surface area contributed by atoms with Gasteiger partial charge in [0.25, 0.3) is 5.91 Å². The van der Waals surface area contributed by atoms with E-state index in [0.29, 0.717) is 24.3 Å². The van der Waals surface area contributed by atoms with Crippen molar-refractivity contribution in [1.29, 1.82) is 0 Å². The van der Waals surface area contributed by atoms with E-state index in [1.807, 2.05) is 12.1 Å². The number of ether oxygens (including phenoxy) is 1. The fourth-order valence-electron chi connectivity index (χ4n) is 4.13. The van der Waals surface area contributed by atoms with Crippen molar-refractivity contribution in [2.45, 2.75) is 55.1 Å². The molecule has 0 aliphatic heterocycles. The Kier molecular flexibility index (Phi) is 5.40. The number of hydrogen-bond donors (Lipinski definition) is 1. The third-order valence-electron chi connectivity index (χ3n) is 5.63. The summed E-state index contributed by atoms with van der Waals surface area (Å²) in [7, 11) is -3.34. The zero-order valence-corrected chi connectivity index (χ0v) is 16.6. The van der Waals surface area contributed by atoms with Gasteiger partial charge >= 0.3 is 0 Å². The van der Waals surface area contributed by atoms with Crippen LogP contribution in [0.25, 0.3) is 0 Å². The second kappa shape index (κ2) is 7.95. The second-order valence-electron chi connectivity index (χ2n) is 7.60. The molecule has 1 fully saturated rings. The highest BCUT2D eigenvalue weighted by atomic mass is 32.2. The zero-order chi connectivity index (χ0) is 19.6. The molecule has 2 aliphatic rings. The van der Waals surface area contributed by atoms with Gasteiger partial charge in [-0.2, -0.15) is 0 Å². The van der Waals surface area contributed by atoms with E-state index in [-0.39, 0.29) is 22.7 Å². The van der Waals surface area contributed by atoms with E-state index < -0.39 is 9.84 Å². The van der Waals surface area contributed by atoms with Crippen LogP contribution >= 0.6 is 0 Å². The van der Waals surface area contributed by atoms with Crippen LogP contribution < -0.4 is 10.1 Å². The fourth-order valence-corrected chi connectivity index (χ4v) is 6.02. The summed E-state index contributed by atoms with van der Waals surface area (Å²) >= 11 is 0. The van der Waals surface area contributed by atoms with Crippen molar-refractivity contribution in [3.05, 3.63) is 53.6 Å². The van der Waals surface area contributed by atoms with Crippen LogP contribution in [0.3, 0.4) is 0 Å². The van der Waals surface area contributed by atoms with E-state index in [0.717, 1.165) is 25.7 Å². The first-order valence-electron chi connectivity index (χ1n) is 9.91. The predicted molar refractivity (Wildman–Crippen MR) is 108 cm³/mol. The number of carbonyl (C=O) groups is 1. The summed E-state index contributed by atoms with van der Waals surface area (Å²) in [5, 5.41) is 2.44. The van der Waals surface area contributed by atoms with Crippen molar-refractivity contribution in [3.63, 3.8) is 0 Å². The van der Waals surface area contributed by atoms with Crippen molar-refractivity contribution in [2.75, 3.05) is 11.9 Å². The van der Waals surface area contributed by atoms with E-state index in [2.05, 4.69) is 11.4 Å². The van der Waals surface area contributed by atoms with Crippen molar-refractivity contribution in [3.8, 4) is 5.75 Å². The fraction of sp³-hybridized carbons (Fsp3) is 0.409. The van der Waals surface area contributed by atoms with Crippen LogP contribution in [0.5, 0.6) is 5.75 Å². The van der Waals surface area contributed by atoms with E-state index in [9.17, 15) is 13.2 Å². The number of fused-ring (bicyclic) bond motifs is 1. The van der Waals surface area contributed by atoms with E-state index in [1.54, 1.807) is 24.3 Å². The molecule has 6 heteroatoms. The molecule has 1 amide bonds. The Morgan fingerprint density at radius 1 is 1.00 bits per heavy atom. The molecule has 0 saturated heterocycles. The van der Waals surface area contributed by atoms with Crippen LogP contribution in [0.2, 0.25) is 0 Å². The SMILES string of the molecule is O=C(COc1ccc2c(c1)CCC2)Nc1cccc(S(=O)(=O)C2CCCC2)c1. The number of nitrogens with one attached hydrogen (secondary N) is 1. The number of benzene rings is 2. The Hall–Kier alpha value is -2.34. The molecule has 0 radical (unpaired) electrons. The quantitative estimate of drug-likeness (QED) is 0.799. The maximum atomic E-state index is 12.7. The van der Waals surface area contributed by atoms with Gasteiger partial charge in [0.15, 0.2) is 16.4 Å². The first kappa shape index (κ1) is 19.0. The molecule has 4 rings (SSSR count). The molecule has 0 spiro atoms. The van der Waals surface area contributed by atoms with E-state index in [1.165, 1.54) is 17.5 Å². The minimum absolute atomic E-state index is 0.113. The van der Waals surface area contributed by atoms with Gasteiger partial charge < -0.3 is 10.1 Å². The molecule has 5 nitrogen and oxygen atoms in total. The number of amides is 1. The summed E-state index contributed by atoms with van der Waals surface area (Å²) in [5.41, 5.74) is 3.13. The zero-order valence-electron chi connectivity index (χ0n) is 15.8. The molecule has 2 aromatic rings. The standard InChI is InChI=1S/C22H25NO4S/c24-22(15-27-19-12-11-16-5-3-6-17(16)13-19)23-18-7-4-10-21(14-18)28(25,26)20-8-1-2-9-20/h4,7,10-14,20H,1-3,5-6,8-9,15H2,(H,23,24). The van der Waals surface area contributed by atoms with Crippen LogP contribution in [-0.4, -0.2) is 26.2 Å². The molecule has 148 valence electrons. The van der Waals surface area contributed by atoms with Gasteiger partial charge in [0, 0.05) is 5.69 Å². The minimum Gasteiger partial charge on any atom is -0.484 e. The van der Waals surface area contributed by atoms with Gasteiger partial charge in [-0.3, -0.25) is 4.79 Å². The topological polar surface area (TPSA) is 72.5 Å². The van der Waals surface area contributed by atoms with Crippen molar-refractivity contribution < 1.29 is 17.9 Å². The molecule has 0 aromatic heterocycles. The molecular weight excluding hydrogens is 374 g/mol. The van der Waals surface area contributed by atoms with Crippen LogP contribution in [0.1, 0.15) is 43.2 Å². The third kappa shape index (κ3) is 4.07. The number of rotatable bonds is 6. The van der Waals surface area contributed by atoms with Crippen LogP contribution in [0.4, 0.5) is 5.69 Å². The Morgan fingerprint density at radius 2 is 1.79 bits per heavy atom. The van der Waals surface area contributed by atoms with Crippen molar-refractivity contribution >= 4 is 21.4 Å². The Labute approximate surface area is 166 Å². The van der Waals surface area contributed by atoms with Crippen LogP contribution in [0.15, 0.2) is 47.4 Å². The molecule has 0 atom stereocenters. The minimum atomic E-state index is -3.34. The summed E-state index contributed by atoms with van der Waals surface area (Å²) in [6, 6.07) is 12.5. The second-order valence-corrected chi connectivity index (χ2v) is 9.83. The van der Waals surface area contributed by atoms with Gasteiger partial charge in [-0.25, -0.2) is 8.42 Å². The number of carbonyl (C=O) groups excluding carboxylic acids is 1. The summed E-state index contributed by atoms with van der Waals surface area (Å²) in [6.07, 6.45) is 6.68. The molecule has 1 N–H and O–H groups in total. The summed E-state index contributed by atoms with van der Waals surface area (Å²) in [4.78, 5) is 12.5. The molecular formula is C22H25NO4S. The average molecular weight is 400 g/mol. The van der Waals surface area contributed by atoms with Gasteiger partial charge in [-0.05, 0) is 73.6 Å². The number of hydrogen-bond acceptors (Lipinski definition) is 4. The summed E-state index contributed by atoms with van der Waals surface area (Å²) in [6.45, 7) is -0.113. The Bertz CT molecular complexity index is 978. The normalized spacial score (nSPS) is 16.7. The average Bonchev–Trinajstić information content (AvgIpc) is 3.38. The number of aryl methyl sites for hydroxylation is 2. The molecule has 1 saturated carbocycles. The van der Waals surface area contributed by atoms with Gasteiger partial charge in [-0.1, -0.05) is 25.0 Å². The van der Waals surface area contributed by atoms with E-state index >= 15 is 0 Å². The van der Waals surface area contributed by atoms with Gasteiger partial charge in [-0.15, -0.1) is 0 Å². The molecule has 28 heavy (non-hydrogen) atoms. The van der Waals surface area contributed by atoms with Gasteiger partial charge in [0.2, 0.25) is 0 Å².